The molecule has 0 aliphatic carbocycles. The van der Waals surface area contributed by atoms with Gasteiger partial charge in [-0.2, -0.15) is 0 Å². The van der Waals surface area contributed by atoms with Crippen LogP contribution in [0.1, 0.15) is 10.4 Å². The summed E-state index contributed by atoms with van der Waals surface area (Å²) in [6.45, 7) is 8.51. The zero-order valence-electron chi connectivity index (χ0n) is 17.2. The van der Waals surface area contributed by atoms with Gasteiger partial charge in [0.25, 0.3) is 5.91 Å². The predicted molar refractivity (Wildman–Crippen MR) is 117 cm³/mol. The van der Waals surface area contributed by atoms with Crippen LogP contribution >= 0.6 is 0 Å². The number of nitrogens with zero attached hydrogens (tertiary/aromatic N) is 3. The third-order valence-corrected chi connectivity index (χ3v) is 5.36. The number of nitrogens with one attached hydrogen (secondary N) is 2. The molecule has 160 valence electrons. The lowest BCUT2D eigenvalue weighted by molar-refractivity contribution is 0.0398. The molecular formula is C22H29N5O3. The second-order valence-electron chi connectivity index (χ2n) is 7.41. The number of anilines is 3. The zero-order valence-corrected chi connectivity index (χ0v) is 17.2. The Morgan fingerprint density at radius 1 is 0.967 bits per heavy atom. The van der Waals surface area contributed by atoms with Gasteiger partial charge in [0, 0.05) is 62.4 Å². The molecule has 2 aromatic rings. The molecule has 0 spiro atoms. The average Bonchev–Trinajstić information content (AvgIpc) is 2.81. The first kappa shape index (κ1) is 20.6. The van der Waals surface area contributed by atoms with E-state index in [0.717, 1.165) is 77.1 Å². The van der Waals surface area contributed by atoms with Gasteiger partial charge in [0.1, 0.15) is 5.82 Å². The summed E-state index contributed by atoms with van der Waals surface area (Å²) in [5.41, 5.74) is 2.50. The molecule has 2 saturated heterocycles. The van der Waals surface area contributed by atoms with Crippen molar-refractivity contribution in [3.05, 3.63) is 48.2 Å². The van der Waals surface area contributed by atoms with Crippen molar-refractivity contribution in [1.29, 1.82) is 0 Å². The summed E-state index contributed by atoms with van der Waals surface area (Å²) in [6.07, 6.45) is 1.66. The first-order valence-corrected chi connectivity index (χ1v) is 10.5. The topological polar surface area (TPSA) is 79.0 Å². The molecule has 2 N–H and O–H groups in total. The fourth-order valence-electron chi connectivity index (χ4n) is 3.62. The Hall–Kier alpha value is -2.68. The molecule has 30 heavy (non-hydrogen) atoms. The quantitative estimate of drug-likeness (QED) is 0.721. The molecule has 8 nitrogen and oxygen atoms in total. The Morgan fingerprint density at radius 3 is 2.40 bits per heavy atom. The number of hydrogen-bond acceptors (Lipinski definition) is 7. The van der Waals surface area contributed by atoms with Crippen LogP contribution in [0.25, 0.3) is 0 Å². The van der Waals surface area contributed by atoms with E-state index in [0.29, 0.717) is 11.4 Å². The number of ether oxygens (including phenoxy) is 2. The van der Waals surface area contributed by atoms with Gasteiger partial charge in [-0.05, 0) is 36.4 Å². The molecule has 2 fully saturated rings. The van der Waals surface area contributed by atoms with E-state index in [9.17, 15) is 4.79 Å². The number of amides is 1. The number of carbonyl (C=O) groups is 1. The molecule has 0 saturated carbocycles. The van der Waals surface area contributed by atoms with Crippen molar-refractivity contribution in [2.75, 3.05) is 81.2 Å². The molecule has 3 heterocycles. The van der Waals surface area contributed by atoms with Crippen LogP contribution in [0.15, 0.2) is 42.6 Å². The van der Waals surface area contributed by atoms with Crippen molar-refractivity contribution in [1.82, 2.24) is 9.88 Å². The number of pyridine rings is 1. The van der Waals surface area contributed by atoms with Gasteiger partial charge >= 0.3 is 0 Å². The molecule has 0 radical (unpaired) electrons. The Balaban J connectivity index is 1.29. The molecular weight excluding hydrogens is 382 g/mol. The molecule has 1 aromatic heterocycles. The number of carbonyl (C=O) groups excluding carboxylic acids is 1. The fraction of sp³-hybridized carbons (Fsp3) is 0.455. The van der Waals surface area contributed by atoms with Crippen LogP contribution in [0.5, 0.6) is 0 Å². The number of morpholine rings is 2. The molecule has 0 atom stereocenters. The summed E-state index contributed by atoms with van der Waals surface area (Å²) in [7, 11) is 0. The van der Waals surface area contributed by atoms with Crippen molar-refractivity contribution in [2.24, 2.45) is 0 Å². The van der Waals surface area contributed by atoms with E-state index >= 15 is 0 Å². The van der Waals surface area contributed by atoms with Crippen molar-refractivity contribution in [3.63, 3.8) is 0 Å². The predicted octanol–water partition coefficient (Wildman–Crippen LogP) is 1.91. The summed E-state index contributed by atoms with van der Waals surface area (Å²) in [6, 6.07) is 11.5. The molecule has 1 aromatic carbocycles. The van der Waals surface area contributed by atoms with E-state index < -0.39 is 0 Å². The lowest BCUT2D eigenvalue weighted by atomic mass is 10.2. The SMILES string of the molecule is O=C(Nc1ccc(N2CCOCC2)cc1)c1ccnc(NCCN2CCOCC2)c1. The Labute approximate surface area is 177 Å². The number of benzene rings is 1. The van der Waals surface area contributed by atoms with Crippen LogP contribution in [0.2, 0.25) is 0 Å². The molecule has 2 aliphatic rings. The van der Waals surface area contributed by atoms with Crippen LogP contribution in [0.4, 0.5) is 17.2 Å². The summed E-state index contributed by atoms with van der Waals surface area (Å²) in [4.78, 5) is 21.6. The second kappa shape index (κ2) is 10.4. The highest BCUT2D eigenvalue weighted by atomic mass is 16.5. The lowest BCUT2D eigenvalue weighted by Gasteiger charge is -2.28. The Bertz CT molecular complexity index is 818. The summed E-state index contributed by atoms with van der Waals surface area (Å²) < 4.78 is 10.8. The third-order valence-electron chi connectivity index (χ3n) is 5.36. The van der Waals surface area contributed by atoms with Gasteiger partial charge in [-0.1, -0.05) is 0 Å². The van der Waals surface area contributed by atoms with Crippen molar-refractivity contribution >= 4 is 23.1 Å². The van der Waals surface area contributed by atoms with Gasteiger partial charge in [0.15, 0.2) is 0 Å². The Morgan fingerprint density at radius 2 is 1.67 bits per heavy atom. The van der Waals surface area contributed by atoms with E-state index in [1.54, 1.807) is 18.3 Å². The van der Waals surface area contributed by atoms with Crippen LogP contribution in [0, 0.1) is 0 Å². The maximum absolute atomic E-state index is 12.7. The minimum Gasteiger partial charge on any atom is -0.379 e. The normalized spacial score (nSPS) is 17.5. The third kappa shape index (κ3) is 5.69. The molecule has 2 aliphatic heterocycles. The van der Waals surface area contributed by atoms with Gasteiger partial charge in [0.05, 0.1) is 26.4 Å². The molecule has 4 rings (SSSR count). The van der Waals surface area contributed by atoms with Gasteiger partial charge in [-0.15, -0.1) is 0 Å². The van der Waals surface area contributed by atoms with E-state index in [-0.39, 0.29) is 5.91 Å². The number of rotatable bonds is 7. The van der Waals surface area contributed by atoms with Crippen LogP contribution in [-0.4, -0.2) is 81.5 Å². The maximum atomic E-state index is 12.7. The highest BCUT2D eigenvalue weighted by Crippen LogP contribution is 2.19. The number of hydrogen-bond donors (Lipinski definition) is 2. The summed E-state index contributed by atoms with van der Waals surface area (Å²) in [5.74, 6) is 0.561. The van der Waals surface area contributed by atoms with Gasteiger partial charge < -0.3 is 25.0 Å². The molecule has 0 unspecified atom stereocenters. The first-order valence-electron chi connectivity index (χ1n) is 10.5. The molecule has 8 heteroatoms. The Kier molecular flexibility index (Phi) is 7.12. The average molecular weight is 412 g/mol. The monoisotopic (exact) mass is 411 g/mol. The van der Waals surface area contributed by atoms with Crippen molar-refractivity contribution in [3.8, 4) is 0 Å². The van der Waals surface area contributed by atoms with Crippen LogP contribution in [-0.2, 0) is 9.47 Å². The molecule has 0 bridgehead atoms. The largest absolute Gasteiger partial charge is 0.379 e. The van der Waals surface area contributed by atoms with Crippen molar-refractivity contribution < 1.29 is 14.3 Å². The van der Waals surface area contributed by atoms with Crippen LogP contribution < -0.4 is 15.5 Å². The lowest BCUT2D eigenvalue weighted by Crippen LogP contribution is -2.39. The highest BCUT2D eigenvalue weighted by molar-refractivity contribution is 6.04. The van der Waals surface area contributed by atoms with E-state index in [1.807, 2.05) is 24.3 Å². The smallest absolute Gasteiger partial charge is 0.255 e. The van der Waals surface area contributed by atoms with E-state index in [4.69, 9.17) is 9.47 Å². The van der Waals surface area contributed by atoms with Gasteiger partial charge in [0.2, 0.25) is 0 Å². The minimum atomic E-state index is -0.146. The van der Waals surface area contributed by atoms with Crippen molar-refractivity contribution in [2.45, 2.75) is 0 Å². The second-order valence-corrected chi connectivity index (χ2v) is 7.41. The highest BCUT2D eigenvalue weighted by Gasteiger charge is 2.13. The van der Waals surface area contributed by atoms with Gasteiger partial charge in [-0.25, -0.2) is 4.98 Å². The fourth-order valence-corrected chi connectivity index (χ4v) is 3.62. The standard InChI is InChI=1S/C22H29N5O3/c28-22(25-19-1-3-20(4-2-19)27-11-15-30-16-12-27)18-5-6-23-21(17-18)24-7-8-26-9-13-29-14-10-26/h1-6,17H,7-16H2,(H,23,24)(H,25,28). The summed E-state index contributed by atoms with van der Waals surface area (Å²) in [5, 5.41) is 6.27. The minimum absolute atomic E-state index is 0.146. The first-order chi connectivity index (χ1) is 14.8. The maximum Gasteiger partial charge on any atom is 0.255 e. The summed E-state index contributed by atoms with van der Waals surface area (Å²) >= 11 is 0. The zero-order chi connectivity index (χ0) is 20.6. The van der Waals surface area contributed by atoms with E-state index in [2.05, 4.69) is 25.4 Å². The van der Waals surface area contributed by atoms with E-state index in [1.165, 1.54) is 0 Å². The number of aromatic nitrogens is 1. The van der Waals surface area contributed by atoms with Gasteiger partial charge in [-0.3, -0.25) is 9.69 Å². The molecule has 1 amide bonds. The van der Waals surface area contributed by atoms with Crippen LogP contribution in [0.3, 0.4) is 0 Å².